The Morgan fingerprint density at radius 2 is 1.85 bits per heavy atom. The number of β-amino-alcohol motifs (C(OH)–C–C–N with tert-alkyl or cyclic N) is 1. The van der Waals surface area contributed by atoms with Crippen molar-refractivity contribution in [2.45, 2.75) is 32.0 Å². The molecule has 1 heterocycles. The average Bonchev–Trinajstić information content (AvgIpc) is 2.65. The smallest absolute Gasteiger partial charge is 0.308 e. The van der Waals surface area contributed by atoms with E-state index in [1.54, 1.807) is 24.3 Å². The first-order valence-electron chi connectivity index (χ1n) is 9.05. The Hall–Kier alpha value is -2.70. The Morgan fingerprint density at radius 1 is 1.15 bits per heavy atom. The molecule has 27 heavy (non-hydrogen) atoms. The van der Waals surface area contributed by atoms with Crippen LogP contribution in [0, 0.1) is 0 Å². The third-order valence-corrected chi connectivity index (χ3v) is 4.62. The van der Waals surface area contributed by atoms with Crippen LogP contribution in [0.2, 0.25) is 0 Å². The Balaban J connectivity index is 1.59. The molecule has 0 aliphatic carbocycles. The van der Waals surface area contributed by atoms with Gasteiger partial charge >= 0.3 is 5.97 Å². The van der Waals surface area contributed by atoms with E-state index in [-0.39, 0.29) is 23.3 Å². The zero-order valence-corrected chi connectivity index (χ0v) is 15.3. The number of aliphatic hydroxyl groups excluding tert-OH is 1. The van der Waals surface area contributed by atoms with Gasteiger partial charge in [0.25, 0.3) is 5.91 Å². The summed E-state index contributed by atoms with van der Waals surface area (Å²) in [4.78, 5) is 26.0. The molecular weight excluding hydrogens is 344 g/mol. The lowest BCUT2D eigenvalue weighted by Gasteiger charge is -2.36. The number of nitrogens with one attached hydrogen (secondary N) is 1. The molecule has 0 bridgehead atoms. The van der Waals surface area contributed by atoms with Crippen molar-refractivity contribution in [3.8, 4) is 5.75 Å². The second-order valence-corrected chi connectivity index (χ2v) is 6.75. The quantitative estimate of drug-likeness (QED) is 0.623. The molecule has 2 aromatic rings. The molecule has 1 aliphatic rings. The molecule has 3 rings (SSSR count). The molecule has 0 unspecified atom stereocenters. The van der Waals surface area contributed by atoms with E-state index in [9.17, 15) is 14.7 Å². The minimum atomic E-state index is -0.660. The summed E-state index contributed by atoms with van der Waals surface area (Å²) < 4.78 is 5.10. The zero-order chi connectivity index (χ0) is 19.2. The maximum Gasteiger partial charge on any atom is 0.308 e. The number of carbonyl (C=O) groups excluding carboxylic acids is 2. The fourth-order valence-electron chi connectivity index (χ4n) is 3.29. The number of para-hydroxylation sites is 1. The standard InChI is InChI=1S/C21H24N2O4/c1-15(24)27-20-10-6-5-9-17(20)21(26)22-18-11-12-23(14-19(18)25)13-16-7-3-2-4-8-16/h2-10,18-19,25H,11-14H2,1H3,(H,22,26)/t18-,19+/m1/s1. The summed E-state index contributed by atoms with van der Waals surface area (Å²) in [6, 6.07) is 16.4. The largest absolute Gasteiger partial charge is 0.426 e. The summed E-state index contributed by atoms with van der Waals surface area (Å²) in [6.45, 7) is 3.34. The molecule has 1 aliphatic heterocycles. The van der Waals surface area contributed by atoms with Crippen molar-refractivity contribution in [3.05, 3.63) is 65.7 Å². The number of aliphatic hydroxyl groups is 1. The normalized spacial score (nSPS) is 20.1. The summed E-state index contributed by atoms with van der Waals surface area (Å²) in [7, 11) is 0. The van der Waals surface area contributed by atoms with Gasteiger partial charge in [0.15, 0.2) is 0 Å². The summed E-state index contributed by atoms with van der Waals surface area (Å²) in [6.07, 6.45) is -0.0116. The topological polar surface area (TPSA) is 78.9 Å². The van der Waals surface area contributed by atoms with Gasteiger partial charge in [-0.25, -0.2) is 0 Å². The van der Waals surface area contributed by atoms with E-state index in [1.807, 2.05) is 18.2 Å². The number of carbonyl (C=O) groups is 2. The Bertz CT molecular complexity index is 794. The number of rotatable bonds is 5. The van der Waals surface area contributed by atoms with Gasteiger partial charge in [0.05, 0.1) is 17.7 Å². The summed E-state index contributed by atoms with van der Waals surface area (Å²) in [5.74, 6) is -0.615. The molecule has 6 heteroatoms. The van der Waals surface area contributed by atoms with Crippen LogP contribution in [0.5, 0.6) is 5.75 Å². The van der Waals surface area contributed by atoms with E-state index < -0.39 is 12.1 Å². The third kappa shape index (κ3) is 5.15. The summed E-state index contributed by atoms with van der Waals surface area (Å²) in [5.41, 5.74) is 1.48. The lowest BCUT2D eigenvalue weighted by Crippen LogP contribution is -2.53. The fourth-order valence-corrected chi connectivity index (χ4v) is 3.29. The number of amides is 1. The molecule has 6 nitrogen and oxygen atoms in total. The molecule has 0 saturated carbocycles. The Kier molecular flexibility index (Phi) is 6.21. The fraction of sp³-hybridized carbons (Fsp3) is 0.333. The van der Waals surface area contributed by atoms with Crippen LogP contribution in [0.4, 0.5) is 0 Å². The zero-order valence-electron chi connectivity index (χ0n) is 15.3. The predicted octanol–water partition coefficient (Wildman–Crippen LogP) is 1.98. The van der Waals surface area contributed by atoms with Crippen LogP contribution >= 0.6 is 0 Å². The number of benzene rings is 2. The monoisotopic (exact) mass is 368 g/mol. The summed E-state index contributed by atoms with van der Waals surface area (Å²) in [5, 5.41) is 13.4. The van der Waals surface area contributed by atoms with Crippen LogP contribution < -0.4 is 10.1 Å². The van der Waals surface area contributed by atoms with Gasteiger partial charge in [-0.1, -0.05) is 42.5 Å². The van der Waals surface area contributed by atoms with Gasteiger partial charge in [0.2, 0.25) is 0 Å². The molecule has 0 aromatic heterocycles. The van der Waals surface area contributed by atoms with E-state index in [2.05, 4.69) is 22.3 Å². The summed E-state index contributed by atoms with van der Waals surface area (Å²) >= 11 is 0. The Morgan fingerprint density at radius 3 is 2.56 bits per heavy atom. The van der Waals surface area contributed by atoms with Crippen LogP contribution in [0.15, 0.2) is 54.6 Å². The molecule has 2 N–H and O–H groups in total. The van der Waals surface area contributed by atoms with Gasteiger partial charge in [-0.05, 0) is 24.1 Å². The van der Waals surface area contributed by atoms with Crippen molar-refractivity contribution in [1.29, 1.82) is 0 Å². The Labute approximate surface area is 158 Å². The number of hydrogen-bond donors (Lipinski definition) is 2. The van der Waals surface area contributed by atoms with Crippen LogP contribution in [0.3, 0.4) is 0 Å². The van der Waals surface area contributed by atoms with Gasteiger partial charge in [0, 0.05) is 26.6 Å². The lowest BCUT2D eigenvalue weighted by molar-refractivity contribution is -0.131. The van der Waals surface area contributed by atoms with Crippen molar-refractivity contribution in [3.63, 3.8) is 0 Å². The first-order valence-corrected chi connectivity index (χ1v) is 9.05. The number of piperidine rings is 1. The van der Waals surface area contributed by atoms with Gasteiger partial charge < -0.3 is 15.2 Å². The van der Waals surface area contributed by atoms with Crippen molar-refractivity contribution in [2.24, 2.45) is 0 Å². The van der Waals surface area contributed by atoms with Gasteiger partial charge in [-0.15, -0.1) is 0 Å². The molecular formula is C21H24N2O4. The van der Waals surface area contributed by atoms with E-state index >= 15 is 0 Å². The second kappa shape index (κ2) is 8.79. The molecule has 2 aromatic carbocycles. The first kappa shape index (κ1) is 19.1. The van der Waals surface area contributed by atoms with Crippen molar-refractivity contribution < 1.29 is 19.4 Å². The highest BCUT2D eigenvalue weighted by Gasteiger charge is 2.29. The molecule has 1 saturated heterocycles. The highest BCUT2D eigenvalue weighted by atomic mass is 16.5. The number of likely N-dealkylation sites (tertiary alicyclic amines) is 1. The van der Waals surface area contributed by atoms with Crippen LogP contribution in [0.1, 0.15) is 29.3 Å². The molecule has 0 spiro atoms. The highest BCUT2D eigenvalue weighted by molar-refractivity contribution is 5.97. The third-order valence-electron chi connectivity index (χ3n) is 4.62. The van der Waals surface area contributed by atoms with E-state index in [0.29, 0.717) is 13.0 Å². The molecule has 142 valence electrons. The number of hydrogen-bond acceptors (Lipinski definition) is 5. The minimum absolute atomic E-state index is 0.221. The van der Waals surface area contributed by atoms with Crippen LogP contribution in [-0.2, 0) is 11.3 Å². The van der Waals surface area contributed by atoms with Crippen LogP contribution in [0.25, 0.3) is 0 Å². The maximum atomic E-state index is 12.6. The van der Waals surface area contributed by atoms with Crippen molar-refractivity contribution in [2.75, 3.05) is 13.1 Å². The molecule has 2 atom stereocenters. The average molecular weight is 368 g/mol. The maximum absolute atomic E-state index is 12.6. The number of ether oxygens (including phenoxy) is 1. The highest BCUT2D eigenvalue weighted by Crippen LogP contribution is 2.20. The van der Waals surface area contributed by atoms with Crippen LogP contribution in [-0.4, -0.2) is 47.1 Å². The van der Waals surface area contributed by atoms with E-state index in [0.717, 1.165) is 13.1 Å². The minimum Gasteiger partial charge on any atom is -0.426 e. The predicted molar refractivity (Wildman–Crippen MR) is 101 cm³/mol. The lowest BCUT2D eigenvalue weighted by atomic mass is 10.0. The van der Waals surface area contributed by atoms with Crippen molar-refractivity contribution >= 4 is 11.9 Å². The molecule has 1 amide bonds. The first-order chi connectivity index (χ1) is 13.0. The van der Waals surface area contributed by atoms with E-state index in [1.165, 1.54) is 12.5 Å². The number of nitrogens with zero attached hydrogens (tertiary/aromatic N) is 1. The second-order valence-electron chi connectivity index (χ2n) is 6.75. The van der Waals surface area contributed by atoms with Gasteiger partial charge in [0.1, 0.15) is 5.75 Å². The SMILES string of the molecule is CC(=O)Oc1ccccc1C(=O)N[C@@H]1CCN(Cc2ccccc2)C[C@@H]1O. The van der Waals surface area contributed by atoms with Gasteiger partial charge in [-0.2, -0.15) is 0 Å². The van der Waals surface area contributed by atoms with E-state index in [4.69, 9.17) is 4.74 Å². The molecule has 1 fully saturated rings. The molecule has 0 radical (unpaired) electrons. The number of esters is 1. The van der Waals surface area contributed by atoms with Gasteiger partial charge in [-0.3, -0.25) is 14.5 Å². The van der Waals surface area contributed by atoms with Crippen molar-refractivity contribution in [1.82, 2.24) is 10.2 Å².